The van der Waals surface area contributed by atoms with Gasteiger partial charge in [-0.25, -0.2) is 4.98 Å². The van der Waals surface area contributed by atoms with Crippen LogP contribution in [0.2, 0.25) is 0 Å². The van der Waals surface area contributed by atoms with Crippen molar-refractivity contribution >= 4 is 11.9 Å². The van der Waals surface area contributed by atoms with Crippen LogP contribution in [0.5, 0.6) is 0 Å². The lowest BCUT2D eigenvalue weighted by molar-refractivity contribution is 0.0972. The van der Waals surface area contributed by atoms with E-state index < -0.39 is 0 Å². The number of hydrogen-bond acceptors (Lipinski definition) is 4. The van der Waals surface area contributed by atoms with Gasteiger partial charge in [-0.15, -0.1) is 0 Å². The minimum atomic E-state index is -0.182. The molecule has 1 aromatic rings. The fraction of sp³-hybridized carbons (Fsp3) is 0.125. The van der Waals surface area contributed by atoms with Crippen LogP contribution in [0.25, 0.3) is 6.08 Å². The van der Waals surface area contributed by atoms with E-state index in [1.54, 1.807) is 0 Å². The number of carbonyl (C=O) groups is 1. The Morgan fingerprint density at radius 3 is 2.92 bits per heavy atom. The summed E-state index contributed by atoms with van der Waals surface area (Å²) in [5, 5.41) is 9.10. The van der Waals surface area contributed by atoms with Gasteiger partial charge >= 0.3 is 0 Å². The second-order valence-electron chi connectivity index (χ2n) is 2.53. The lowest BCUT2D eigenvalue weighted by Crippen LogP contribution is -2.11. The monoisotopic (exact) mass is 162 g/mol. The molecule has 1 aromatic heterocycles. The van der Waals surface area contributed by atoms with E-state index in [4.69, 9.17) is 5.11 Å². The van der Waals surface area contributed by atoms with Gasteiger partial charge in [-0.3, -0.25) is 9.78 Å². The highest BCUT2D eigenvalue weighted by Crippen LogP contribution is 2.17. The highest BCUT2D eigenvalue weighted by molar-refractivity contribution is 6.00. The van der Waals surface area contributed by atoms with Gasteiger partial charge in [-0.2, -0.15) is 0 Å². The molecule has 0 saturated heterocycles. The van der Waals surface area contributed by atoms with Gasteiger partial charge in [0.25, 0.3) is 0 Å². The van der Waals surface area contributed by atoms with Gasteiger partial charge in [0, 0.05) is 18.5 Å². The largest absolute Gasteiger partial charge is 0.512 e. The predicted molar refractivity (Wildman–Crippen MR) is 41.6 cm³/mol. The average Bonchev–Trinajstić information content (AvgIpc) is 2.04. The summed E-state index contributed by atoms with van der Waals surface area (Å²) in [5.41, 5.74) is 0.793. The van der Waals surface area contributed by atoms with Crippen LogP contribution < -0.4 is 0 Å². The minimum Gasteiger partial charge on any atom is -0.512 e. The van der Waals surface area contributed by atoms with Crippen LogP contribution in [-0.4, -0.2) is 20.9 Å². The highest BCUT2D eigenvalue weighted by atomic mass is 16.3. The molecule has 0 fully saturated rings. The third-order valence-corrected chi connectivity index (χ3v) is 1.64. The second-order valence-corrected chi connectivity index (χ2v) is 2.53. The van der Waals surface area contributed by atoms with Crippen LogP contribution in [0.15, 0.2) is 18.2 Å². The van der Waals surface area contributed by atoms with Gasteiger partial charge in [-0.05, 0) is 0 Å². The molecule has 0 spiro atoms. The molecule has 0 atom stereocenters. The molecule has 4 heteroatoms. The maximum absolute atomic E-state index is 11.2. The van der Waals surface area contributed by atoms with Crippen LogP contribution in [0.4, 0.5) is 0 Å². The summed E-state index contributed by atoms with van der Waals surface area (Å²) in [7, 11) is 0. The molecular formula is C8H6N2O2. The maximum atomic E-state index is 11.2. The van der Waals surface area contributed by atoms with Gasteiger partial charge in [0.1, 0.15) is 11.5 Å². The Labute approximate surface area is 68.6 Å². The Morgan fingerprint density at radius 1 is 1.33 bits per heavy atom. The molecule has 0 amide bonds. The first kappa shape index (κ1) is 6.97. The molecule has 12 heavy (non-hydrogen) atoms. The smallest absolute Gasteiger partial charge is 0.190 e. The summed E-state index contributed by atoms with van der Waals surface area (Å²) in [6.07, 6.45) is 4.45. The lowest BCUT2D eigenvalue weighted by atomic mass is 10.1. The molecule has 1 aliphatic carbocycles. The van der Waals surface area contributed by atoms with Crippen molar-refractivity contribution in [2.24, 2.45) is 0 Å². The molecule has 0 bridgehead atoms. The number of hydrogen-bond donors (Lipinski definition) is 1. The van der Waals surface area contributed by atoms with E-state index >= 15 is 0 Å². The molecule has 1 aliphatic rings. The molecule has 2 rings (SSSR count). The van der Waals surface area contributed by atoms with Gasteiger partial charge in [0.05, 0.1) is 12.1 Å². The first-order chi connectivity index (χ1) is 5.77. The van der Waals surface area contributed by atoms with Crippen molar-refractivity contribution in [3.63, 3.8) is 0 Å². The number of rotatable bonds is 0. The van der Waals surface area contributed by atoms with E-state index in [-0.39, 0.29) is 18.0 Å². The number of aliphatic hydroxyl groups excluding tert-OH is 1. The average molecular weight is 162 g/mol. The molecule has 0 aromatic carbocycles. The molecule has 0 unspecified atom stereocenters. The van der Waals surface area contributed by atoms with Crippen molar-refractivity contribution < 1.29 is 9.90 Å². The molecule has 60 valence electrons. The van der Waals surface area contributed by atoms with Crippen molar-refractivity contribution in [1.29, 1.82) is 0 Å². The normalized spacial score (nSPS) is 15.3. The number of nitrogens with zero attached hydrogens (tertiary/aromatic N) is 2. The third kappa shape index (κ3) is 0.972. The molecule has 0 aliphatic heterocycles. The lowest BCUT2D eigenvalue weighted by Gasteiger charge is -2.08. The number of aliphatic hydroxyl groups is 1. The maximum Gasteiger partial charge on any atom is 0.190 e. The van der Waals surface area contributed by atoms with E-state index in [0.717, 1.165) is 0 Å². The molecule has 1 heterocycles. The SMILES string of the molecule is O=C1CC(O)=Cc2nccnc21. The Bertz CT molecular complexity index is 371. The summed E-state index contributed by atoms with van der Waals surface area (Å²) in [4.78, 5) is 19.0. The zero-order chi connectivity index (χ0) is 8.55. The molecule has 1 N–H and O–H groups in total. The van der Waals surface area contributed by atoms with E-state index in [0.29, 0.717) is 11.4 Å². The zero-order valence-corrected chi connectivity index (χ0v) is 6.19. The van der Waals surface area contributed by atoms with Crippen LogP contribution >= 0.6 is 0 Å². The van der Waals surface area contributed by atoms with E-state index in [1.807, 2.05) is 0 Å². The summed E-state index contributed by atoms with van der Waals surface area (Å²) < 4.78 is 0. The fourth-order valence-electron chi connectivity index (χ4n) is 1.13. The van der Waals surface area contributed by atoms with Gasteiger partial charge in [0.15, 0.2) is 5.78 Å². The topological polar surface area (TPSA) is 63.1 Å². The van der Waals surface area contributed by atoms with Gasteiger partial charge in [-0.1, -0.05) is 0 Å². The molecule has 0 radical (unpaired) electrons. The standard InChI is InChI=1S/C8H6N2O2/c11-5-3-6-8(7(12)4-5)10-2-1-9-6/h1-3,11H,4H2. The summed E-state index contributed by atoms with van der Waals surface area (Å²) >= 11 is 0. The molecular weight excluding hydrogens is 156 g/mol. The highest BCUT2D eigenvalue weighted by Gasteiger charge is 2.19. The summed E-state index contributed by atoms with van der Waals surface area (Å²) in [5.74, 6) is -0.133. The predicted octanol–water partition coefficient (Wildman–Crippen LogP) is 0.962. The first-order valence-corrected chi connectivity index (χ1v) is 3.51. The van der Waals surface area contributed by atoms with E-state index in [9.17, 15) is 4.79 Å². The van der Waals surface area contributed by atoms with E-state index in [2.05, 4.69) is 9.97 Å². The van der Waals surface area contributed by atoms with Crippen LogP contribution in [0, 0.1) is 0 Å². The van der Waals surface area contributed by atoms with Crippen LogP contribution in [0.1, 0.15) is 22.6 Å². The Balaban J connectivity index is 2.62. The Hall–Kier alpha value is -1.71. The number of allylic oxidation sites excluding steroid dienone is 1. The molecule has 0 saturated carbocycles. The number of ketones is 1. The van der Waals surface area contributed by atoms with Crippen molar-refractivity contribution in [2.75, 3.05) is 0 Å². The third-order valence-electron chi connectivity index (χ3n) is 1.64. The zero-order valence-electron chi connectivity index (χ0n) is 6.19. The van der Waals surface area contributed by atoms with Crippen molar-refractivity contribution in [3.8, 4) is 0 Å². The van der Waals surface area contributed by atoms with Crippen molar-refractivity contribution in [3.05, 3.63) is 29.5 Å². The quantitative estimate of drug-likeness (QED) is 0.617. The summed E-state index contributed by atoms with van der Waals surface area (Å²) in [6.45, 7) is 0. The minimum absolute atomic E-state index is 0.0334. The van der Waals surface area contributed by atoms with Gasteiger partial charge < -0.3 is 5.11 Å². The number of carbonyl (C=O) groups excluding carboxylic acids is 1. The Kier molecular flexibility index (Phi) is 1.40. The first-order valence-electron chi connectivity index (χ1n) is 3.51. The summed E-state index contributed by atoms with van der Waals surface area (Å²) in [6, 6.07) is 0. The van der Waals surface area contributed by atoms with Crippen molar-refractivity contribution in [1.82, 2.24) is 9.97 Å². The molecule has 4 nitrogen and oxygen atoms in total. The number of aromatic nitrogens is 2. The van der Waals surface area contributed by atoms with Crippen LogP contribution in [-0.2, 0) is 0 Å². The Morgan fingerprint density at radius 2 is 2.08 bits per heavy atom. The van der Waals surface area contributed by atoms with Crippen LogP contribution in [0.3, 0.4) is 0 Å². The fourth-order valence-corrected chi connectivity index (χ4v) is 1.13. The van der Waals surface area contributed by atoms with E-state index in [1.165, 1.54) is 18.5 Å². The second kappa shape index (κ2) is 2.41. The van der Waals surface area contributed by atoms with Crippen molar-refractivity contribution in [2.45, 2.75) is 6.42 Å². The number of fused-ring (bicyclic) bond motifs is 1. The number of Topliss-reactive ketones (excluding diaryl/α,β-unsaturated/α-hetero) is 1. The van der Waals surface area contributed by atoms with Gasteiger partial charge in [0.2, 0.25) is 0 Å².